The van der Waals surface area contributed by atoms with Crippen molar-refractivity contribution in [3.8, 4) is 0 Å². The summed E-state index contributed by atoms with van der Waals surface area (Å²) in [6.07, 6.45) is 41.8. The van der Waals surface area contributed by atoms with E-state index in [9.17, 15) is 28.5 Å². The smallest absolute Gasteiger partial charge is 0.397 e. The molecule has 0 radical (unpaired) electrons. The summed E-state index contributed by atoms with van der Waals surface area (Å²) in [5.74, 6) is -0.533. The minimum atomic E-state index is -5.08. The van der Waals surface area contributed by atoms with Gasteiger partial charge >= 0.3 is 16.4 Å². The molecule has 1 heterocycles. The van der Waals surface area contributed by atoms with Crippen LogP contribution < -0.4 is 0 Å². The van der Waals surface area contributed by atoms with Gasteiger partial charge in [-0.15, -0.1) is 0 Å². The Kier molecular flexibility index (Phi) is 34.6. The number of aliphatic hydroxyl groups is 3. The maximum absolute atomic E-state index is 12.8. The van der Waals surface area contributed by atoms with Crippen LogP contribution in [0.25, 0.3) is 0 Å². The Morgan fingerprint density at radius 2 is 1.10 bits per heavy atom. The van der Waals surface area contributed by atoms with Gasteiger partial charge < -0.3 is 34.3 Å². The molecule has 6 atom stereocenters. The Balaban J connectivity index is 2.51. The largest absolute Gasteiger partial charge is 0.457 e. The van der Waals surface area contributed by atoms with Gasteiger partial charge in [-0.3, -0.25) is 9.35 Å². The van der Waals surface area contributed by atoms with Gasteiger partial charge in [0.1, 0.15) is 30.5 Å². The summed E-state index contributed by atoms with van der Waals surface area (Å²) in [6.45, 7) is 3.59. The van der Waals surface area contributed by atoms with E-state index in [1.54, 1.807) is 6.08 Å². The van der Waals surface area contributed by atoms with E-state index >= 15 is 0 Å². The molecule has 0 bridgehead atoms. The molecule has 60 heavy (non-hydrogen) atoms. The van der Waals surface area contributed by atoms with Crippen LogP contribution in [0.5, 0.6) is 0 Å². The Hall–Kier alpha value is -2.98. The first-order valence-corrected chi connectivity index (χ1v) is 23.4. The Morgan fingerprint density at radius 3 is 1.60 bits per heavy atom. The van der Waals surface area contributed by atoms with E-state index in [0.29, 0.717) is 13.0 Å². The van der Waals surface area contributed by atoms with Crippen LogP contribution in [0.1, 0.15) is 129 Å². The first-order valence-electron chi connectivity index (χ1n) is 22.0. The minimum Gasteiger partial charge on any atom is -0.457 e. The van der Waals surface area contributed by atoms with Gasteiger partial charge in [0.15, 0.2) is 6.29 Å². The molecule has 4 N–H and O–H groups in total. The number of aliphatic hydroxyl groups excluding tert-OH is 3. The molecule has 0 aliphatic carbocycles. The lowest BCUT2D eigenvalue weighted by Crippen LogP contribution is -2.60. The van der Waals surface area contributed by atoms with E-state index in [4.69, 9.17) is 23.5 Å². The molecular formula is C47H76O12S. The normalized spacial score (nSPS) is 21.2. The lowest BCUT2D eigenvalue weighted by atomic mass is 9.99. The first kappa shape index (κ1) is 55.0. The zero-order valence-electron chi connectivity index (χ0n) is 36.2. The summed E-state index contributed by atoms with van der Waals surface area (Å²) in [5.41, 5.74) is 0. The molecule has 12 nitrogen and oxygen atoms in total. The summed E-state index contributed by atoms with van der Waals surface area (Å²) in [6, 6.07) is 0. The van der Waals surface area contributed by atoms with Crippen molar-refractivity contribution < 1.29 is 56.2 Å². The summed E-state index contributed by atoms with van der Waals surface area (Å²) < 4.78 is 58.9. The Bertz CT molecular complexity index is 1410. The van der Waals surface area contributed by atoms with Crippen LogP contribution in [-0.2, 0) is 38.3 Å². The van der Waals surface area contributed by atoms with Crippen molar-refractivity contribution in [3.05, 3.63) is 97.2 Å². The van der Waals surface area contributed by atoms with Crippen molar-refractivity contribution in [2.45, 2.75) is 166 Å². The second-order valence-corrected chi connectivity index (χ2v) is 15.6. The van der Waals surface area contributed by atoms with Crippen LogP contribution in [0.3, 0.4) is 0 Å². The number of allylic oxidation sites excluding steroid dienone is 15. The fraction of sp³-hybridized carbons (Fsp3) is 0.638. The van der Waals surface area contributed by atoms with Crippen molar-refractivity contribution in [1.29, 1.82) is 0 Å². The Morgan fingerprint density at radius 1 is 0.633 bits per heavy atom. The molecule has 1 rings (SSSR count). The topological polar surface area (TPSA) is 178 Å². The molecule has 0 aromatic carbocycles. The summed E-state index contributed by atoms with van der Waals surface area (Å²) in [7, 11) is -5.08. The number of hydrogen-bond donors (Lipinski definition) is 4. The lowest BCUT2D eigenvalue weighted by molar-refractivity contribution is -0.301. The number of unbranched alkanes of at least 4 members (excludes halogenated alkanes) is 8. The van der Waals surface area contributed by atoms with Crippen LogP contribution in [0.4, 0.5) is 0 Å². The number of ether oxygens (including phenoxy) is 4. The summed E-state index contributed by atoms with van der Waals surface area (Å²) >= 11 is 0. The quantitative estimate of drug-likeness (QED) is 0.0204. The highest BCUT2D eigenvalue weighted by molar-refractivity contribution is 7.80. The zero-order chi connectivity index (χ0) is 43.9. The highest BCUT2D eigenvalue weighted by Gasteiger charge is 2.48. The van der Waals surface area contributed by atoms with Crippen LogP contribution in [0, 0.1) is 0 Å². The van der Waals surface area contributed by atoms with Crippen molar-refractivity contribution >= 4 is 16.4 Å². The van der Waals surface area contributed by atoms with Crippen molar-refractivity contribution in [3.63, 3.8) is 0 Å². The average molecular weight is 865 g/mol. The maximum atomic E-state index is 12.8. The van der Waals surface area contributed by atoms with E-state index in [1.165, 1.54) is 25.7 Å². The van der Waals surface area contributed by atoms with Gasteiger partial charge in [-0.25, -0.2) is 4.18 Å². The predicted molar refractivity (Wildman–Crippen MR) is 238 cm³/mol. The molecule has 0 aromatic heterocycles. The van der Waals surface area contributed by atoms with Crippen LogP contribution >= 0.6 is 0 Å². The minimum absolute atomic E-state index is 0.00134. The first-order chi connectivity index (χ1) is 29.1. The van der Waals surface area contributed by atoms with Gasteiger partial charge in [0.2, 0.25) is 0 Å². The zero-order valence-corrected chi connectivity index (χ0v) is 37.0. The van der Waals surface area contributed by atoms with Crippen LogP contribution in [0.2, 0.25) is 0 Å². The third-order valence-electron chi connectivity index (χ3n) is 9.23. The number of carbonyl (C=O) groups excluding carboxylic acids is 1. The van der Waals surface area contributed by atoms with Crippen LogP contribution in [0.15, 0.2) is 97.2 Å². The molecule has 1 fully saturated rings. The molecular weight excluding hydrogens is 789 g/mol. The van der Waals surface area contributed by atoms with Crippen molar-refractivity contribution in [1.82, 2.24) is 0 Å². The fourth-order valence-corrected chi connectivity index (χ4v) is 6.50. The van der Waals surface area contributed by atoms with Crippen molar-refractivity contribution in [2.24, 2.45) is 0 Å². The third kappa shape index (κ3) is 31.0. The second kappa shape index (κ2) is 37.8. The summed E-state index contributed by atoms with van der Waals surface area (Å²) in [5, 5.41) is 30.6. The van der Waals surface area contributed by atoms with E-state index in [-0.39, 0.29) is 19.6 Å². The molecule has 1 saturated heterocycles. The average Bonchev–Trinajstić information content (AvgIpc) is 3.22. The van der Waals surface area contributed by atoms with Gasteiger partial charge in [0, 0.05) is 6.61 Å². The van der Waals surface area contributed by atoms with E-state index < -0.39 is 59.8 Å². The summed E-state index contributed by atoms with van der Waals surface area (Å²) in [4.78, 5) is 12.8. The van der Waals surface area contributed by atoms with Gasteiger partial charge in [-0.2, -0.15) is 8.42 Å². The van der Waals surface area contributed by atoms with Gasteiger partial charge in [0.25, 0.3) is 0 Å². The lowest BCUT2D eigenvalue weighted by Gasteiger charge is -2.41. The molecule has 1 aliphatic rings. The van der Waals surface area contributed by atoms with Crippen molar-refractivity contribution in [2.75, 3.05) is 26.4 Å². The van der Waals surface area contributed by atoms with Crippen LogP contribution in [-0.4, -0.2) is 97.5 Å². The molecule has 13 heteroatoms. The molecule has 0 aromatic rings. The molecule has 0 spiro atoms. The van der Waals surface area contributed by atoms with E-state index in [0.717, 1.165) is 77.0 Å². The van der Waals surface area contributed by atoms with Gasteiger partial charge in [-0.1, -0.05) is 150 Å². The molecule has 1 aliphatic heterocycles. The standard InChI is InChI=1S/C47H76O12S/c1-3-5-7-9-11-13-15-17-19-20-21-23-25-27-29-31-33-35-37-55-39-41(40-56-47-45(51)46(59-60(52,53)54)44(50)42(38-48)58-47)57-43(49)36-34-32-30-28-26-24-22-18-16-14-12-10-8-6-4-2/h5-8,11-14,17-19,22,26,28,32,34,41-42,44-48,50-51H,3-4,9-10,15-16,20-21,23-25,27,29-31,33,35-40H2,1-2H3,(H,52,53,54)/b7-5-,8-6-,13-11-,14-12-,19-17-,22-18-,28-26-,34-32-. The molecule has 342 valence electrons. The predicted octanol–water partition coefficient (Wildman–Crippen LogP) is 9.07. The highest BCUT2D eigenvalue weighted by atomic mass is 32.3. The number of hydrogen-bond acceptors (Lipinski definition) is 11. The number of rotatable bonds is 36. The monoisotopic (exact) mass is 865 g/mol. The molecule has 0 saturated carbocycles. The fourth-order valence-electron chi connectivity index (χ4n) is 6.00. The maximum Gasteiger partial charge on any atom is 0.397 e. The Labute approximate surface area is 361 Å². The molecule has 0 amide bonds. The van der Waals surface area contributed by atoms with E-state index in [2.05, 4.69) is 97.0 Å². The van der Waals surface area contributed by atoms with Gasteiger partial charge in [0.05, 0.1) is 26.2 Å². The van der Waals surface area contributed by atoms with Gasteiger partial charge in [-0.05, 0) is 70.6 Å². The third-order valence-corrected chi connectivity index (χ3v) is 9.70. The number of carbonyl (C=O) groups is 1. The van der Waals surface area contributed by atoms with E-state index in [1.807, 2.05) is 12.2 Å². The molecule has 6 unspecified atom stereocenters. The highest BCUT2D eigenvalue weighted by Crippen LogP contribution is 2.26. The number of esters is 1. The SMILES string of the molecule is CC/C=C\C/C=C\C/C=C\C/C=C\C/C=C\CC(=O)OC(COCCCCCCCCCC/C=C\C/C=C\C/C=C\CC)COC1OC(CO)C(O)C(OS(=O)(=O)O)C1O. The second-order valence-electron chi connectivity index (χ2n) is 14.5.